The fourth-order valence-electron chi connectivity index (χ4n) is 9.27. The molecule has 2 heterocycles. The minimum atomic E-state index is 0.666. The van der Waals surface area contributed by atoms with Gasteiger partial charge in [-0.05, 0) is 83.5 Å². The van der Waals surface area contributed by atoms with Gasteiger partial charge in [0.05, 0.1) is 11.4 Å². The first kappa shape index (κ1) is 33.3. The van der Waals surface area contributed by atoms with Crippen molar-refractivity contribution in [2.45, 2.75) is 0 Å². The van der Waals surface area contributed by atoms with E-state index >= 15 is 0 Å². The van der Waals surface area contributed by atoms with Gasteiger partial charge in [-0.3, -0.25) is 0 Å². The number of furan rings is 1. The molecule has 0 aliphatic carbocycles. The minimum absolute atomic E-state index is 0.666. The molecule has 0 aliphatic heterocycles. The average molecular weight is 751 g/mol. The van der Waals surface area contributed by atoms with Gasteiger partial charge in [0.15, 0.2) is 5.82 Å². The van der Waals surface area contributed by atoms with Crippen molar-refractivity contribution < 1.29 is 4.42 Å². The van der Waals surface area contributed by atoms with Crippen LogP contribution >= 0.6 is 0 Å². The van der Waals surface area contributed by atoms with E-state index in [1.807, 2.05) is 30.3 Å². The van der Waals surface area contributed by atoms with Crippen molar-refractivity contribution in [3.63, 3.8) is 0 Å². The second-order valence-corrected chi connectivity index (χ2v) is 15.2. The first-order valence-electron chi connectivity index (χ1n) is 20.1. The Hall–Kier alpha value is -7.88. The summed E-state index contributed by atoms with van der Waals surface area (Å²) in [6, 6.07) is 73.4. The zero-order valence-electron chi connectivity index (χ0n) is 31.9. The van der Waals surface area contributed by atoms with Gasteiger partial charge in [0.1, 0.15) is 11.2 Å². The predicted molar refractivity (Wildman–Crippen MR) is 247 cm³/mol. The van der Waals surface area contributed by atoms with E-state index < -0.39 is 0 Å². The maximum Gasteiger partial charge on any atom is 0.160 e. The Labute approximate surface area is 340 Å². The number of benzene rings is 10. The van der Waals surface area contributed by atoms with Crippen molar-refractivity contribution in [2.24, 2.45) is 0 Å². The fraction of sp³-hybridized carbons (Fsp3) is 0. The van der Waals surface area contributed by atoms with E-state index in [9.17, 15) is 0 Å². The lowest BCUT2D eigenvalue weighted by molar-refractivity contribution is 0.670. The van der Waals surface area contributed by atoms with Gasteiger partial charge < -0.3 is 4.42 Å². The van der Waals surface area contributed by atoms with Crippen molar-refractivity contribution in [2.75, 3.05) is 0 Å². The highest BCUT2D eigenvalue weighted by molar-refractivity contribution is 6.29. The Morgan fingerprint density at radius 3 is 1.64 bits per heavy atom. The lowest BCUT2D eigenvalue weighted by Crippen LogP contribution is -1.97. The number of hydrogen-bond acceptors (Lipinski definition) is 3. The molecule has 0 aliphatic rings. The maximum absolute atomic E-state index is 6.54. The molecule has 0 amide bonds. The number of para-hydroxylation sites is 2. The molecule has 3 heteroatoms. The van der Waals surface area contributed by atoms with Crippen LogP contribution < -0.4 is 0 Å². The van der Waals surface area contributed by atoms with Gasteiger partial charge in [-0.25, -0.2) is 9.97 Å². The van der Waals surface area contributed by atoms with Gasteiger partial charge >= 0.3 is 0 Å². The third kappa shape index (κ3) is 5.29. The van der Waals surface area contributed by atoms with Gasteiger partial charge in [0, 0.05) is 27.5 Å². The molecule has 0 spiro atoms. The second kappa shape index (κ2) is 13.4. The first-order valence-corrected chi connectivity index (χ1v) is 20.1. The van der Waals surface area contributed by atoms with E-state index in [2.05, 4.69) is 176 Å². The molecule has 2 aromatic heterocycles. The van der Waals surface area contributed by atoms with E-state index in [4.69, 9.17) is 14.4 Å². The van der Waals surface area contributed by atoms with Crippen LogP contribution in [-0.4, -0.2) is 9.97 Å². The van der Waals surface area contributed by atoms with E-state index in [0.29, 0.717) is 5.82 Å². The van der Waals surface area contributed by atoms with Crippen molar-refractivity contribution >= 4 is 65.0 Å². The summed E-state index contributed by atoms with van der Waals surface area (Å²) in [7, 11) is 0. The summed E-state index contributed by atoms with van der Waals surface area (Å²) < 4.78 is 6.54. The summed E-state index contributed by atoms with van der Waals surface area (Å²) >= 11 is 0. The SMILES string of the molecule is c1ccc(-c2nc(-c3ccc(-c4c5ccccc5c(-c5ccccc5)c5c4ccc4ccccc45)c4ccccc34)cc(-c3cccc4c3oc3ccccc34)n2)cc1. The molecule has 274 valence electrons. The van der Waals surface area contributed by atoms with Crippen LogP contribution in [-0.2, 0) is 0 Å². The summed E-state index contributed by atoms with van der Waals surface area (Å²) in [5.74, 6) is 0.666. The van der Waals surface area contributed by atoms with Gasteiger partial charge in [0.25, 0.3) is 0 Å². The van der Waals surface area contributed by atoms with Crippen molar-refractivity contribution in [1.82, 2.24) is 9.97 Å². The normalized spacial score (nSPS) is 11.7. The molecule has 0 saturated heterocycles. The van der Waals surface area contributed by atoms with E-state index in [-0.39, 0.29) is 0 Å². The molecule has 0 atom stereocenters. The highest BCUT2D eigenvalue weighted by Crippen LogP contribution is 2.48. The van der Waals surface area contributed by atoms with Crippen LogP contribution in [0.1, 0.15) is 0 Å². The third-order valence-electron chi connectivity index (χ3n) is 11.9. The van der Waals surface area contributed by atoms with Crippen LogP contribution in [0.15, 0.2) is 211 Å². The molecule has 3 nitrogen and oxygen atoms in total. The molecular weight excluding hydrogens is 717 g/mol. The highest BCUT2D eigenvalue weighted by Gasteiger charge is 2.22. The number of fused-ring (bicyclic) bond motifs is 8. The highest BCUT2D eigenvalue weighted by atomic mass is 16.3. The van der Waals surface area contributed by atoms with Gasteiger partial charge in [-0.15, -0.1) is 0 Å². The van der Waals surface area contributed by atoms with Crippen LogP contribution in [0.2, 0.25) is 0 Å². The molecule has 0 unspecified atom stereocenters. The molecule has 12 rings (SSSR count). The Morgan fingerprint density at radius 1 is 0.322 bits per heavy atom. The molecule has 12 aromatic rings. The summed E-state index contributed by atoms with van der Waals surface area (Å²) in [5.41, 5.74) is 11.2. The number of hydrogen-bond donors (Lipinski definition) is 0. The first-order chi connectivity index (χ1) is 29.3. The molecule has 0 radical (unpaired) electrons. The van der Waals surface area contributed by atoms with Crippen LogP contribution in [0.5, 0.6) is 0 Å². The van der Waals surface area contributed by atoms with Crippen LogP contribution in [0.25, 0.3) is 121 Å². The molecule has 0 fully saturated rings. The Kier molecular flexibility index (Phi) is 7.54. The molecular formula is C56H34N2O. The summed E-state index contributed by atoms with van der Waals surface area (Å²) in [4.78, 5) is 10.5. The third-order valence-corrected chi connectivity index (χ3v) is 11.9. The lowest BCUT2D eigenvalue weighted by Gasteiger charge is -2.21. The van der Waals surface area contributed by atoms with Gasteiger partial charge in [-0.1, -0.05) is 188 Å². The Morgan fingerprint density at radius 2 is 0.881 bits per heavy atom. The standard InChI is InChI=1S/C56H34N2O/c1-3-17-36(18-4-1)52-43-25-11-12-26-44(43)53(48-31-30-35-16-7-8-21-38(35)54(48)52)45-33-32-41(39-22-9-10-23-40(39)45)49-34-50(58-56(57-49)37-19-5-2-6-20-37)47-28-15-27-46-42-24-13-14-29-51(42)59-55(46)47/h1-34H. The van der Waals surface area contributed by atoms with Crippen LogP contribution in [0, 0.1) is 0 Å². The monoisotopic (exact) mass is 750 g/mol. The largest absolute Gasteiger partial charge is 0.455 e. The molecule has 10 aromatic carbocycles. The van der Waals surface area contributed by atoms with Crippen LogP contribution in [0.3, 0.4) is 0 Å². The topological polar surface area (TPSA) is 38.9 Å². The van der Waals surface area contributed by atoms with Crippen LogP contribution in [0.4, 0.5) is 0 Å². The predicted octanol–water partition coefficient (Wildman–Crippen LogP) is 15.3. The number of aromatic nitrogens is 2. The quantitative estimate of drug-likeness (QED) is 0.130. The van der Waals surface area contributed by atoms with E-state index in [1.54, 1.807) is 0 Å². The Bertz CT molecular complexity index is 3610. The molecule has 0 bridgehead atoms. The van der Waals surface area contributed by atoms with E-state index in [1.165, 1.54) is 54.6 Å². The molecule has 0 N–H and O–H groups in total. The Balaban J connectivity index is 1.14. The summed E-state index contributed by atoms with van der Waals surface area (Å²) in [5, 5.41) is 11.9. The van der Waals surface area contributed by atoms with Crippen molar-refractivity contribution in [3.8, 4) is 56.2 Å². The zero-order valence-corrected chi connectivity index (χ0v) is 31.9. The number of rotatable bonds is 5. The molecule has 59 heavy (non-hydrogen) atoms. The second-order valence-electron chi connectivity index (χ2n) is 15.2. The smallest absolute Gasteiger partial charge is 0.160 e. The minimum Gasteiger partial charge on any atom is -0.455 e. The fourth-order valence-corrected chi connectivity index (χ4v) is 9.27. The van der Waals surface area contributed by atoms with Gasteiger partial charge in [0.2, 0.25) is 0 Å². The molecule has 0 saturated carbocycles. The van der Waals surface area contributed by atoms with E-state index in [0.717, 1.165) is 60.8 Å². The van der Waals surface area contributed by atoms with Crippen molar-refractivity contribution in [3.05, 3.63) is 206 Å². The number of nitrogens with zero attached hydrogens (tertiary/aromatic N) is 2. The van der Waals surface area contributed by atoms with Gasteiger partial charge in [-0.2, -0.15) is 0 Å². The maximum atomic E-state index is 6.54. The van der Waals surface area contributed by atoms with Crippen molar-refractivity contribution in [1.29, 1.82) is 0 Å². The zero-order chi connectivity index (χ0) is 38.9. The average Bonchev–Trinajstić information content (AvgIpc) is 3.70. The summed E-state index contributed by atoms with van der Waals surface area (Å²) in [6.45, 7) is 0. The lowest BCUT2D eigenvalue weighted by atomic mass is 9.82. The summed E-state index contributed by atoms with van der Waals surface area (Å²) in [6.07, 6.45) is 0.